The number of nitrogens with zero attached hydrogens (tertiary/aromatic N) is 3. The van der Waals surface area contributed by atoms with Crippen molar-refractivity contribution in [2.75, 3.05) is 36.1 Å². The molecule has 3 N–H and O–H groups in total. The second-order valence-electron chi connectivity index (χ2n) is 3.30. The molecule has 0 unspecified atom stereocenters. The molecule has 0 saturated heterocycles. The van der Waals surface area contributed by atoms with E-state index in [-0.39, 0.29) is 0 Å². The van der Waals surface area contributed by atoms with Crippen molar-refractivity contribution in [2.24, 2.45) is 0 Å². The summed E-state index contributed by atoms with van der Waals surface area (Å²) >= 11 is 0. The molecule has 0 spiro atoms. The van der Waals surface area contributed by atoms with E-state index in [1.54, 1.807) is 0 Å². The van der Waals surface area contributed by atoms with Crippen molar-refractivity contribution in [1.29, 1.82) is 0 Å². The Morgan fingerprint density at radius 1 is 1.40 bits per heavy atom. The van der Waals surface area contributed by atoms with Crippen molar-refractivity contribution in [3.8, 4) is 0 Å². The van der Waals surface area contributed by atoms with Crippen LogP contribution in [0.1, 0.15) is 20.3 Å². The molecular formula is C10H19N5. The van der Waals surface area contributed by atoms with Gasteiger partial charge in [-0.3, -0.25) is 0 Å². The highest BCUT2D eigenvalue weighted by atomic mass is 15.2. The van der Waals surface area contributed by atoms with E-state index in [0.717, 1.165) is 31.1 Å². The fourth-order valence-corrected chi connectivity index (χ4v) is 1.45. The van der Waals surface area contributed by atoms with Gasteiger partial charge in [-0.2, -0.15) is 9.97 Å². The molecule has 0 saturated carbocycles. The number of nitrogen functional groups attached to an aromatic ring is 1. The van der Waals surface area contributed by atoms with Crippen LogP contribution in [0.2, 0.25) is 0 Å². The summed E-state index contributed by atoms with van der Waals surface area (Å²) < 4.78 is 0. The summed E-state index contributed by atoms with van der Waals surface area (Å²) in [5.41, 5.74) is 5.63. The Morgan fingerprint density at radius 2 is 2.13 bits per heavy atom. The molecule has 0 aliphatic carbocycles. The summed E-state index contributed by atoms with van der Waals surface area (Å²) in [4.78, 5) is 10.5. The molecule has 0 radical (unpaired) electrons. The molecule has 0 aliphatic heterocycles. The third kappa shape index (κ3) is 2.97. The van der Waals surface area contributed by atoms with Gasteiger partial charge in [-0.15, -0.1) is 0 Å². The third-order valence-electron chi connectivity index (χ3n) is 2.19. The van der Waals surface area contributed by atoms with E-state index in [9.17, 15) is 0 Å². The average Bonchev–Trinajstić information content (AvgIpc) is 2.24. The van der Waals surface area contributed by atoms with Crippen LogP contribution in [-0.2, 0) is 0 Å². The number of nitrogens with two attached hydrogens (primary N) is 1. The number of nitrogens with one attached hydrogen (secondary N) is 1. The van der Waals surface area contributed by atoms with Crippen LogP contribution in [0.15, 0.2) is 6.07 Å². The first kappa shape index (κ1) is 11.6. The Morgan fingerprint density at radius 3 is 2.67 bits per heavy atom. The van der Waals surface area contributed by atoms with Gasteiger partial charge in [-0.05, 0) is 13.3 Å². The smallest absolute Gasteiger partial charge is 0.223 e. The molecule has 1 rings (SSSR count). The highest BCUT2D eigenvalue weighted by Crippen LogP contribution is 2.16. The van der Waals surface area contributed by atoms with Gasteiger partial charge in [0.1, 0.15) is 11.6 Å². The molecule has 5 heteroatoms. The summed E-state index contributed by atoms with van der Waals surface area (Å²) in [5.74, 6) is 1.95. The second-order valence-corrected chi connectivity index (χ2v) is 3.30. The van der Waals surface area contributed by atoms with Gasteiger partial charge in [0.05, 0.1) is 0 Å². The normalized spacial score (nSPS) is 10.1. The number of hydrogen-bond donors (Lipinski definition) is 2. The van der Waals surface area contributed by atoms with Crippen molar-refractivity contribution < 1.29 is 0 Å². The predicted molar refractivity (Wildman–Crippen MR) is 64.2 cm³/mol. The summed E-state index contributed by atoms with van der Waals surface area (Å²) in [5, 5.41) is 2.97. The molecule has 1 aromatic heterocycles. The van der Waals surface area contributed by atoms with E-state index in [1.165, 1.54) is 0 Å². The first-order valence-electron chi connectivity index (χ1n) is 5.28. The summed E-state index contributed by atoms with van der Waals surface area (Å²) in [6.07, 6.45) is 1.09. The van der Waals surface area contributed by atoms with Gasteiger partial charge >= 0.3 is 0 Å². The Bertz CT molecular complexity index is 313. The van der Waals surface area contributed by atoms with Crippen molar-refractivity contribution >= 4 is 17.6 Å². The molecule has 5 nitrogen and oxygen atoms in total. The monoisotopic (exact) mass is 209 g/mol. The SMILES string of the molecule is CCCN(CC)c1cc(NC)nc(N)n1. The molecular weight excluding hydrogens is 190 g/mol. The topological polar surface area (TPSA) is 67.1 Å². The molecule has 0 amide bonds. The summed E-state index contributed by atoms with van der Waals surface area (Å²) in [6.45, 7) is 6.16. The van der Waals surface area contributed by atoms with E-state index < -0.39 is 0 Å². The van der Waals surface area contributed by atoms with Crippen LogP contribution in [-0.4, -0.2) is 30.1 Å². The molecule has 1 heterocycles. The maximum Gasteiger partial charge on any atom is 0.223 e. The van der Waals surface area contributed by atoms with Crippen LogP contribution in [0.3, 0.4) is 0 Å². The molecule has 0 fully saturated rings. The fourth-order valence-electron chi connectivity index (χ4n) is 1.45. The van der Waals surface area contributed by atoms with E-state index in [2.05, 4.69) is 34.0 Å². The van der Waals surface area contributed by atoms with Crippen LogP contribution in [0.5, 0.6) is 0 Å². The van der Waals surface area contributed by atoms with Crippen LogP contribution in [0.25, 0.3) is 0 Å². The first-order chi connectivity index (χ1) is 7.21. The second kappa shape index (κ2) is 5.38. The van der Waals surface area contributed by atoms with Crippen LogP contribution in [0.4, 0.5) is 17.6 Å². The van der Waals surface area contributed by atoms with Gasteiger partial charge in [0.2, 0.25) is 5.95 Å². The average molecular weight is 209 g/mol. The Labute approximate surface area is 90.7 Å². The van der Waals surface area contributed by atoms with Gasteiger partial charge in [-0.1, -0.05) is 6.92 Å². The molecule has 1 aromatic rings. The Kier molecular flexibility index (Phi) is 4.15. The zero-order chi connectivity index (χ0) is 11.3. The van der Waals surface area contributed by atoms with Gasteiger partial charge in [-0.25, -0.2) is 0 Å². The largest absolute Gasteiger partial charge is 0.373 e. The third-order valence-corrected chi connectivity index (χ3v) is 2.19. The Balaban J connectivity index is 2.95. The lowest BCUT2D eigenvalue weighted by molar-refractivity contribution is 0.778. The van der Waals surface area contributed by atoms with Crippen molar-refractivity contribution in [3.05, 3.63) is 6.07 Å². The standard InChI is InChI=1S/C10H19N5/c1-4-6-15(5-2)9-7-8(12-3)13-10(11)14-9/h7H,4-6H2,1-3H3,(H3,11,12,13,14). The van der Waals surface area contributed by atoms with E-state index in [4.69, 9.17) is 5.73 Å². The van der Waals surface area contributed by atoms with E-state index in [0.29, 0.717) is 5.95 Å². The minimum atomic E-state index is 0.311. The van der Waals surface area contributed by atoms with Crippen molar-refractivity contribution in [1.82, 2.24) is 9.97 Å². The van der Waals surface area contributed by atoms with Crippen LogP contribution in [0, 0.1) is 0 Å². The van der Waals surface area contributed by atoms with E-state index in [1.807, 2.05) is 13.1 Å². The highest BCUT2D eigenvalue weighted by Gasteiger charge is 2.07. The number of rotatable bonds is 5. The zero-order valence-corrected chi connectivity index (χ0v) is 9.62. The fraction of sp³-hybridized carbons (Fsp3) is 0.600. The molecule has 0 aliphatic rings. The molecule has 0 bridgehead atoms. The van der Waals surface area contributed by atoms with Crippen molar-refractivity contribution in [2.45, 2.75) is 20.3 Å². The summed E-state index contributed by atoms with van der Waals surface area (Å²) in [6, 6.07) is 1.91. The zero-order valence-electron chi connectivity index (χ0n) is 9.62. The number of aromatic nitrogens is 2. The quantitative estimate of drug-likeness (QED) is 0.766. The lowest BCUT2D eigenvalue weighted by Gasteiger charge is -2.21. The van der Waals surface area contributed by atoms with Crippen LogP contribution >= 0.6 is 0 Å². The predicted octanol–water partition coefficient (Wildman–Crippen LogP) is 1.34. The molecule has 84 valence electrons. The number of hydrogen-bond acceptors (Lipinski definition) is 5. The highest BCUT2D eigenvalue weighted by molar-refractivity contribution is 5.52. The molecule has 0 atom stereocenters. The van der Waals surface area contributed by atoms with Crippen LogP contribution < -0.4 is 16.0 Å². The maximum absolute atomic E-state index is 5.63. The lowest BCUT2D eigenvalue weighted by atomic mass is 10.4. The molecule has 15 heavy (non-hydrogen) atoms. The van der Waals surface area contributed by atoms with Gasteiger partial charge in [0, 0.05) is 26.2 Å². The minimum absolute atomic E-state index is 0.311. The lowest BCUT2D eigenvalue weighted by Crippen LogP contribution is -2.25. The van der Waals surface area contributed by atoms with Gasteiger partial charge < -0.3 is 16.0 Å². The Hall–Kier alpha value is -1.52. The minimum Gasteiger partial charge on any atom is -0.373 e. The maximum atomic E-state index is 5.63. The number of anilines is 3. The first-order valence-corrected chi connectivity index (χ1v) is 5.28. The summed E-state index contributed by atoms with van der Waals surface area (Å²) in [7, 11) is 1.82. The van der Waals surface area contributed by atoms with Gasteiger partial charge in [0.15, 0.2) is 0 Å². The van der Waals surface area contributed by atoms with Gasteiger partial charge in [0.25, 0.3) is 0 Å². The van der Waals surface area contributed by atoms with Crippen molar-refractivity contribution in [3.63, 3.8) is 0 Å². The molecule has 0 aromatic carbocycles. The van der Waals surface area contributed by atoms with E-state index >= 15 is 0 Å².